The summed E-state index contributed by atoms with van der Waals surface area (Å²) in [5.41, 5.74) is 1.77. The number of carbonyl (C=O) groups is 3. The number of rotatable bonds is 19. The maximum absolute atomic E-state index is 11.6. The number of hydrogen-bond donors (Lipinski definition) is 2. The normalized spacial score (nSPS) is 12.2. The second kappa shape index (κ2) is 21.6. The Morgan fingerprint density at radius 1 is 0.909 bits per heavy atom. The number of carboxylic acids is 1. The van der Waals surface area contributed by atoms with Crippen LogP contribution in [0.1, 0.15) is 103 Å². The van der Waals surface area contributed by atoms with Gasteiger partial charge >= 0.3 is 35.5 Å². The molecule has 0 fully saturated rings. The number of allylic oxidation sites excluding steroid dienone is 2. The van der Waals surface area contributed by atoms with Crippen LogP contribution in [0.25, 0.3) is 0 Å². The average molecular weight is 500 g/mol. The molecule has 186 valence electrons. The molecule has 0 aliphatic heterocycles. The maximum Gasteiger partial charge on any atom is 1.00 e. The quantitative estimate of drug-likeness (QED) is 0.0829. The fourth-order valence-electron chi connectivity index (χ4n) is 3.04. The van der Waals surface area contributed by atoms with Gasteiger partial charge in [0.05, 0.1) is 0 Å². The summed E-state index contributed by atoms with van der Waals surface area (Å²) in [6.07, 6.45) is 17.8. The van der Waals surface area contributed by atoms with Crippen LogP contribution in [0.15, 0.2) is 12.2 Å². The van der Waals surface area contributed by atoms with Crippen molar-refractivity contribution in [2.45, 2.75) is 108 Å². The third kappa shape index (κ3) is 21.3. The summed E-state index contributed by atoms with van der Waals surface area (Å²) >= 11 is 0. The Morgan fingerprint density at radius 3 is 1.88 bits per heavy atom. The Kier molecular flexibility index (Phi) is 22.4. The van der Waals surface area contributed by atoms with Gasteiger partial charge in [-0.15, -0.1) is 0 Å². The van der Waals surface area contributed by atoms with Crippen molar-refractivity contribution >= 4 is 28.0 Å². The van der Waals surface area contributed by atoms with Gasteiger partial charge in [-0.3, -0.25) is 9.35 Å². The van der Waals surface area contributed by atoms with Crippen molar-refractivity contribution in [1.29, 1.82) is 0 Å². The van der Waals surface area contributed by atoms with Crippen LogP contribution in [0.3, 0.4) is 0 Å². The zero-order valence-corrected chi connectivity index (χ0v) is 22.9. The van der Waals surface area contributed by atoms with Crippen molar-refractivity contribution in [3.05, 3.63) is 12.2 Å². The topological polar surface area (TPSA) is 150 Å². The molecule has 0 saturated carbocycles. The van der Waals surface area contributed by atoms with Gasteiger partial charge in [-0.05, 0) is 32.1 Å². The Bertz CT molecular complexity index is 682. The predicted octanol–water partition coefficient (Wildman–Crippen LogP) is -0.00130. The van der Waals surface area contributed by atoms with E-state index in [0.29, 0.717) is 6.42 Å². The number of nitrogens with one attached hydrogen (secondary N) is 1. The van der Waals surface area contributed by atoms with Crippen LogP contribution in [0.4, 0.5) is 0 Å². The van der Waals surface area contributed by atoms with E-state index in [1.54, 1.807) is 5.48 Å². The van der Waals surface area contributed by atoms with Gasteiger partial charge in [-0.25, -0.2) is 4.79 Å². The second-order valence-corrected chi connectivity index (χ2v) is 9.46. The van der Waals surface area contributed by atoms with Gasteiger partial charge in [0.2, 0.25) is 0 Å². The first-order valence-electron chi connectivity index (χ1n) is 11.5. The molecule has 0 aromatic heterocycles. The van der Waals surface area contributed by atoms with Crippen molar-refractivity contribution in [2.75, 3.05) is 0 Å². The van der Waals surface area contributed by atoms with E-state index < -0.39 is 39.6 Å². The Labute approximate surface area is 220 Å². The molecule has 2 N–H and O–H groups in total. The van der Waals surface area contributed by atoms with E-state index in [2.05, 4.69) is 23.9 Å². The van der Waals surface area contributed by atoms with E-state index in [1.165, 1.54) is 38.5 Å². The third-order valence-corrected chi connectivity index (χ3v) is 5.98. The van der Waals surface area contributed by atoms with E-state index in [0.717, 1.165) is 38.5 Å². The SMILES string of the molecule is CCCCCCCC/C=C\CCCCCCCC(=O)NOC(=O)C(CC(=O)[O-])S(=O)(=O)O.[Na+]. The van der Waals surface area contributed by atoms with Crippen molar-refractivity contribution < 1.29 is 66.9 Å². The summed E-state index contributed by atoms with van der Waals surface area (Å²) in [5, 5.41) is 8.13. The van der Waals surface area contributed by atoms with Crippen LogP contribution in [0.5, 0.6) is 0 Å². The molecular formula is C22H38NNaO8S. The maximum atomic E-state index is 11.6. The molecule has 1 atom stereocenters. The van der Waals surface area contributed by atoms with E-state index in [-0.39, 0.29) is 36.0 Å². The van der Waals surface area contributed by atoms with Crippen LogP contribution < -0.4 is 40.1 Å². The minimum atomic E-state index is -5.00. The van der Waals surface area contributed by atoms with E-state index in [9.17, 15) is 27.9 Å². The first-order valence-corrected chi connectivity index (χ1v) is 13.0. The molecule has 1 unspecified atom stereocenters. The molecule has 0 radical (unpaired) electrons. The number of carboxylic acid groups (broad SMARTS) is 1. The van der Waals surface area contributed by atoms with Crippen molar-refractivity contribution in [3.8, 4) is 0 Å². The molecule has 1 amide bonds. The van der Waals surface area contributed by atoms with Crippen LogP contribution >= 0.6 is 0 Å². The van der Waals surface area contributed by atoms with E-state index in [1.807, 2.05) is 0 Å². The molecular weight excluding hydrogens is 461 g/mol. The zero-order chi connectivity index (χ0) is 24.2. The van der Waals surface area contributed by atoms with Crippen LogP contribution in [0, 0.1) is 0 Å². The van der Waals surface area contributed by atoms with E-state index >= 15 is 0 Å². The molecule has 0 spiro atoms. The molecule has 0 aliphatic carbocycles. The number of hydrogen-bond acceptors (Lipinski definition) is 7. The number of aliphatic carboxylic acids is 1. The Hall–Kier alpha value is -0.940. The number of carbonyl (C=O) groups excluding carboxylic acids is 3. The standard InChI is InChI=1S/C22H39NO8S.Na/c1-2-3-4-5-6-7-8-9-10-11-12-13-14-15-16-17-20(24)23-31-22(27)19(18-21(25)26)32(28,29)30;/h9-10,19H,2-8,11-18H2,1H3,(H,23,24)(H,25,26)(H,28,29,30);/q;+1/p-1/b10-9-;. The largest absolute Gasteiger partial charge is 1.00 e. The molecule has 0 aromatic rings. The van der Waals surface area contributed by atoms with Gasteiger partial charge in [0.15, 0.2) is 5.25 Å². The predicted molar refractivity (Wildman–Crippen MR) is 119 cm³/mol. The summed E-state index contributed by atoms with van der Waals surface area (Å²) in [7, 11) is -5.00. The van der Waals surface area contributed by atoms with Gasteiger partial charge in [-0.2, -0.15) is 13.9 Å². The van der Waals surface area contributed by atoms with Crippen molar-refractivity contribution in [2.24, 2.45) is 0 Å². The molecule has 0 bridgehead atoms. The van der Waals surface area contributed by atoms with Gasteiger partial charge in [0.1, 0.15) is 0 Å². The molecule has 9 nitrogen and oxygen atoms in total. The molecule has 11 heteroatoms. The van der Waals surface area contributed by atoms with Gasteiger partial charge in [-0.1, -0.05) is 70.4 Å². The zero-order valence-electron chi connectivity index (χ0n) is 20.1. The molecule has 0 saturated heterocycles. The summed E-state index contributed by atoms with van der Waals surface area (Å²) in [6.45, 7) is 2.22. The first kappa shape index (κ1) is 34.2. The second-order valence-electron chi connectivity index (χ2n) is 7.86. The van der Waals surface area contributed by atoms with Crippen LogP contribution in [0.2, 0.25) is 0 Å². The Balaban J connectivity index is 0. The minimum Gasteiger partial charge on any atom is -0.550 e. The fraction of sp³-hybridized carbons (Fsp3) is 0.773. The summed E-state index contributed by atoms with van der Waals surface area (Å²) < 4.78 is 30.9. The molecule has 0 aromatic carbocycles. The number of unbranched alkanes of at least 4 members (excludes halogenated alkanes) is 11. The third-order valence-electron chi connectivity index (χ3n) is 4.91. The fourth-order valence-corrected chi connectivity index (χ4v) is 3.68. The molecule has 33 heavy (non-hydrogen) atoms. The van der Waals surface area contributed by atoms with E-state index in [4.69, 9.17) is 4.55 Å². The molecule has 0 heterocycles. The first-order chi connectivity index (χ1) is 15.2. The number of hydroxylamine groups is 1. The van der Waals surface area contributed by atoms with Crippen LogP contribution in [-0.2, 0) is 29.3 Å². The number of amides is 1. The summed E-state index contributed by atoms with van der Waals surface area (Å²) in [5.74, 6) is -4.09. The van der Waals surface area contributed by atoms with Crippen molar-refractivity contribution in [1.82, 2.24) is 5.48 Å². The van der Waals surface area contributed by atoms with Gasteiger partial charge in [0, 0.05) is 18.8 Å². The minimum absolute atomic E-state index is 0. The van der Waals surface area contributed by atoms with Gasteiger partial charge < -0.3 is 14.7 Å². The smallest absolute Gasteiger partial charge is 0.550 e. The summed E-state index contributed by atoms with van der Waals surface area (Å²) in [6, 6.07) is 0. The monoisotopic (exact) mass is 499 g/mol. The van der Waals surface area contributed by atoms with Crippen LogP contribution in [-0.4, -0.2) is 36.1 Å². The average Bonchev–Trinajstić information content (AvgIpc) is 2.72. The molecule has 0 aliphatic rings. The Morgan fingerprint density at radius 2 is 1.39 bits per heavy atom. The molecule has 0 rings (SSSR count). The van der Waals surface area contributed by atoms with Gasteiger partial charge in [0.25, 0.3) is 16.0 Å². The summed E-state index contributed by atoms with van der Waals surface area (Å²) in [4.78, 5) is 38.0. The van der Waals surface area contributed by atoms with Crippen molar-refractivity contribution in [3.63, 3.8) is 0 Å².